The lowest BCUT2D eigenvalue weighted by Crippen LogP contribution is -2.13. The lowest BCUT2D eigenvalue weighted by molar-refractivity contribution is 0.168. The number of hydrogen-bond donors (Lipinski definition) is 2. The number of nitrogens with one attached hydrogen (secondary N) is 1. The maximum absolute atomic E-state index is 11.6. The second-order valence-electron chi connectivity index (χ2n) is 7.35. The number of fused-ring (bicyclic) bond motifs is 1. The first-order valence-corrected chi connectivity index (χ1v) is 10.2. The molecule has 2 aromatic carbocycles. The van der Waals surface area contributed by atoms with Gasteiger partial charge in [-0.25, -0.2) is 4.79 Å². The molecule has 0 aliphatic heterocycles. The molecule has 1 saturated carbocycles. The van der Waals surface area contributed by atoms with E-state index in [1.165, 1.54) is 12.8 Å². The zero-order chi connectivity index (χ0) is 20.4. The number of ether oxygens (including phenoxy) is 2. The average Bonchev–Trinajstić information content (AvgIpc) is 3.48. The van der Waals surface area contributed by atoms with Crippen molar-refractivity contribution in [1.82, 2.24) is 4.57 Å². The first-order chi connectivity index (χ1) is 14.1. The Hall–Kier alpha value is -3.15. The summed E-state index contributed by atoms with van der Waals surface area (Å²) in [6.07, 6.45) is 2.06. The Kier molecular flexibility index (Phi) is 5.34. The van der Waals surface area contributed by atoms with Gasteiger partial charge in [-0.3, -0.25) is 5.32 Å². The predicted octanol–water partition coefficient (Wildman–Crippen LogP) is 5.27. The van der Waals surface area contributed by atoms with E-state index in [2.05, 4.69) is 16.0 Å². The van der Waals surface area contributed by atoms with Gasteiger partial charge < -0.3 is 19.8 Å². The molecule has 1 aromatic heterocycles. The van der Waals surface area contributed by atoms with Crippen molar-refractivity contribution in [2.45, 2.75) is 33.2 Å². The maximum Gasteiger partial charge on any atom is 0.411 e. The second-order valence-corrected chi connectivity index (χ2v) is 7.35. The molecule has 0 bridgehead atoms. The monoisotopic (exact) mass is 393 g/mol. The van der Waals surface area contributed by atoms with Crippen molar-refractivity contribution >= 4 is 28.4 Å². The number of nitrogen functional groups attached to an aromatic ring is 1. The zero-order valence-corrected chi connectivity index (χ0v) is 16.9. The number of aromatic nitrogens is 1. The summed E-state index contributed by atoms with van der Waals surface area (Å²) in [5.74, 6) is 1.55. The Bertz CT molecular complexity index is 1020. The summed E-state index contributed by atoms with van der Waals surface area (Å²) in [5.41, 5.74) is 11.2. The van der Waals surface area contributed by atoms with E-state index in [-0.39, 0.29) is 0 Å². The van der Waals surface area contributed by atoms with Crippen LogP contribution in [-0.2, 0) is 11.3 Å². The summed E-state index contributed by atoms with van der Waals surface area (Å²) in [6, 6.07) is 13.8. The number of amides is 1. The fourth-order valence-corrected chi connectivity index (χ4v) is 3.67. The smallest absolute Gasteiger partial charge is 0.411 e. The van der Waals surface area contributed by atoms with E-state index in [1.807, 2.05) is 43.3 Å². The third-order valence-corrected chi connectivity index (χ3v) is 5.20. The molecule has 3 N–H and O–H groups in total. The lowest BCUT2D eigenvalue weighted by Gasteiger charge is -2.12. The summed E-state index contributed by atoms with van der Waals surface area (Å²) in [6.45, 7) is 5.68. The van der Waals surface area contributed by atoms with Crippen molar-refractivity contribution in [3.63, 3.8) is 0 Å². The van der Waals surface area contributed by atoms with Crippen LogP contribution in [0, 0.1) is 5.92 Å². The zero-order valence-electron chi connectivity index (χ0n) is 16.9. The van der Waals surface area contributed by atoms with E-state index in [0.717, 1.165) is 40.1 Å². The van der Waals surface area contributed by atoms with Gasteiger partial charge in [0.2, 0.25) is 0 Å². The van der Waals surface area contributed by atoms with Gasteiger partial charge in [0.25, 0.3) is 0 Å². The van der Waals surface area contributed by atoms with Crippen molar-refractivity contribution in [2.75, 3.05) is 24.3 Å². The minimum Gasteiger partial charge on any atom is -0.494 e. The van der Waals surface area contributed by atoms with Crippen molar-refractivity contribution < 1.29 is 14.3 Å². The fraction of sp³-hybridized carbons (Fsp3) is 0.348. The molecular formula is C23H27N3O3. The van der Waals surface area contributed by atoms with Gasteiger partial charge in [0.15, 0.2) is 0 Å². The van der Waals surface area contributed by atoms with Gasteiger partial charge in [-0.1, -0.05) is 12.1 Å². The molecule has 4 rings (SSSR count). The van der Waals surface area contributed by atoms with E-state index in [4.69, 9.17) is 15.2 Å². The van der Waals surface area contributed by atoms with Crippen LogP contribution in [0.4, 0.5) is 16.2 Å². The van der Waals surface area contributed by atoms with Gasteiger partial charge >= 0.3 is 6.09 Å². The highest BCUT2D eigenvalue weighted by Gasteiger charge is 2.26. The third kappa shape index (κ3) is 4.01. The molecule has 0 saturated heterocycles. The Morgan fingerprint density at radius 3 is 2.55 bits per heavy atom. The Labute approximate surface area is 170 Å². The largest absolute Gasteiger partial charge is 0.494 e. The van der Waals surface area contributed by atoms with Gasteiger partial charge in [-0.2, -0.15) is 0 Å². The van der Waals surface area contributed by atoms with Crippen molar-refractivity contribution in [2.24, 2.45) is 5.92 Å². The number of rotatable bonds is 7. The first-order valence-electron chi connectivity index (χ1n) is 10.2. The summed E-state index contributed by atoms with van der Waals surface area (Å²) in [7, 11) is 0. The molecule has 6 nitrogen and oxygen atoms in total. The van der Waals surface area contributed by atoms with Crippen LogP contribution >= 0.6 is 0 Å². The van der Waals surface area contributed by atoms with Crippen molar-refractivity contribution in [3.8, 4) is 17.0 Å². The topological polar surface area (TPSA) is 78.5 Å². The number of carbonyl (C=O) groups is 1. The van der Waals surface area contributed by atoms with Crippen molar-refractivity contribution in [3.05, 3.63) is 42.5 Å². The highest BCUT2D eigenvalue weighted by atomic mass is 16.5. The molecule has 0 spiro atoms. The van der Waals surface area contributed by atoms with E-state index in [0.29, 0.717) is 24.8 Å². The third-order valence-electron chi connectivity index (χ3n) is 5.20. The quantitative estimate of drug-likeness (QED) is 0.573. The van der Waals surface area contributed by atoms with Gasteiger partial charge in [-0.05, 0) is 56.9 Å². The minimum absolute atomic E-state index is 0.339. The first kappa shape index (κ1) is 19.2. The molecule has 0 atom stereocenters. The summed E-state index contributed by atoms with van der Waals surface area (Å²) in [4.78, 5) is 11.6. The number of nitrogens with two attached hydrogens (primary N) is 1. The van der Waals surface area contributed by atoms with Crippen molar-refractivity contribution in [1.29, 1.82) is 0 Å². The average molecular weight is 393 g/mol. The molecule has 1 aliphatic rings. The molecule has 3 aromatic rings. The Morgan fingerprint density at radius 1 is 1.14 bits per heavy atom. The lowest BCUT2D eigenvalue weighted by atomic mass is 10.1. The molecule has 6 heteroatoms. The Balaban J connectivity index is 1.73. The van der Waals surface area contributed by atoms with Crippen LogP contribution in [0.15, 0.2) is 42.5 Å². The molecule has 152 valence electrons. The molecule has 1 amide bonds. The van der Waals surface area contributed by atoms with Gasteiger partial charge in [0, 0.05) is 29.2 Å². The molecule has 29 heavy (non-hydrogen) atoms. The van der Waals surface area contributed by atoms with E-state index in [9.17, 15) is 4.79 Å². The summed E-state index contributed by atoms with van der Waals surface area (Å²) in [5, 5.41) is 3.76. The van der Waals surface area contributed by atoms with E-state index < -0.39 is 6.09 Å². The standard InChI is InChI=1S/C23H27N3O3/c1-3-28-18-11-12-19-20(13-18)26(14-15-5-6-15)22(21(19)24)16-7-9-17(10-8-16)25-23(27)29-4-2/h7-13,15H,3-6,14,24H2,1-2H3,(H,25,27). The van der Waals surface area contributed by atoms with Crippen LogP contribution in [0.5, 0.6) is 5.75 Å². The number of hydrogen-bond acceptors (Lipinski definition) is 4. The summed E-state index contributed by atoms with van der Waals surface area (Å²) < 4.78 is 13.0. The minimum atomic E-state index is -0.453. The predicted molar refractivity (Wildman–Crippen MR) is 116 cm³/mol. The van der Waals surface area contributed by atoms with Crippen LogP contribution in [0.2, 0.25) is 0 Å². The van der Waals surface area contributed by atoms with Crippen LogP contribution in [0.25, 0.3) is 22.2 Å². The summed E-state index contributed by atoms with van der Waals surface area (Å²) >= 11 is 0. The second kappa shape index (κ2) is 8.07. The molecule has 0 radical (unpaired) electrons. The Morgan fingerprint density at radius 2 is 1.90 bits per heavy atom. The van der Waals surface area contributed by atoms with Crippen LogP contribution in [0.1, 0.15) is 26.7 Å². The van der Waals surface area contributed by atoms with E-state index in [1.54, 1.807) is 6.92 Å². The van der Waals surface area contributed by atoms with Crippen LogP contribution < -0.4 is 15.8 Å². The highest BCUT2D eigenvalue weighted by Crippen LogP contribution is 2.41. The number of anilines is 2. The number of nitrogens with zero attached hydrogens (tertiary/aromatic N) is 1. The van der Waals surface area contributed by atoms with Gasteiger partial charge in [0.1, 0.15) is 5.75 Å². The maximum atomic E-state index is 11.6. The number of benzene rings is 2. The van der Waals surface area contributed by atoms with E-state index >= 15 is 0 Å². The number of carbonyl (C=O) groups excluding carboxylic acids is 1. The van der Waals surface area contributed by atoms with Gasteiger partial charge in [-0.15, -0.1) is 0 Å². The van der Waals surface area contributed by atoms with Crippen LogP contribution in [-0.4, -0.2) is 23.9 Å². The highest BCUT2D eigenvalue weighted by molar-refractivity contribution is 6.01. The van der Waals surface area contributed by atoms with Crippen LogP contribution in [0.3, 0.4) is 0 Å². The molecule has 1 heterocycles. The molecular weight excluding hydrogens is 366 g/mol. The fourth-order valence-electron chi connectivity index (χ4n) is 3.67. The molecule has 1 fully saturated rings. The SMILES string of the molecule is CCOC(=O)Nc1ccc(-c2c(N)c3ccc(OCC)cc3n2CC2CC2)cc1. The normalized spacial score (nSPS) is 13.4. The van der Waals surface area contributed by atoms with Gasteiger partial charge in [0.05, 0.1) is 30.1 Å². The molecule has 0 unspecified atom stereocenters. The molecule has 1 aliphatic carbocycles.